The average Bonchev–Trinajstić information content (AvgIpc) is 3.05. The van der Waals surface area contributed by atoms with E-state index in [0.717, 1.165) is 22.3 Å². The van der Waals surface area contributed by atoms with Gasteiger partial charge >= 0.3 is 12.1 Å². The SMILES string of the molecule is C[C@H](C(=O)N(C(=O)OCC1c2ccccc2-c2ccccc21)[C@H](C)C(=O)O)N(C)C. The number of fused-ring (bicyclic) bond motifs is 3. The number of carboxylic acids is 1. The van der Waals surface area contributed by atoms with Crippen LogP contribution < -0.4 is 0 Å². The lowest BCUT2D eigenvalue weighted by molar-refractivity contribution is -0.149. The van der Waals surface area contributed by atoms with Crippen LogP contribution in [0.2, 0.25) is 0 Å². The number of carbonyl (C=O) groups excluding carboxylic acids is 2. The number of imide groups is 1. The summed E-state index contributed by atoms with van der Waals surface area (Å²) < 4.78 is 5.51. The average molecular weight is 410 g/mol. The molecule has 0 bridgehead atoms. The predicted molar refractivity (Wildman–Crippen MR) is 112 cm³/mol. The Labute approximate surface area is 175 Å². The molecular weight excluding hydrogens is 384 g/mol. The molecular formula is C23H26N2O5. The highest BCUT2D eigenvalue weighted by molar-refractivity contribution is 5.98. The molecule has 3 rings (SSSR count). The topological polar surface area (TPSA) is 87.1 Å². The van der Waals surface area contributed by atoms with Gasteiger partial charge in [0.2, 0.25) is 5.91 Å². The minimum atomic E-state index is -1.34. The van der Waals surface area contributed by atoms with E-state index in [1.54, 1.807) is 25.9 Å². The maximum atomic E-state index is 12.8. The van der Waals surface area contributed by atoms with Gasteiger partial charge in [-0.1, -0.05) is 48.5 Å². The van der Waals surface area contributed by atoms with Gasteiger partial charge in [0.05, 0.1) is 6.04 Å². The lowest BCUT2D eigenvalue weighted by Gasteiger charge is -2.29. The second kappa shape index (κ2) is 8.67. The van der Waals surface area contributed by atoms with E-state index in [1.807, 2.05) is 48.5 Å². The second-order valence-corrected chi connectivity index (χ2v) is 7.67. The first-order chi connectivity index (χ1) is 14.2. The summed E-state index contributed by atoms with van der Waals surface area (Å²) in [5.41, 5.74) is 4.25. The van der Waals surface area contributed by atoms with Crippen molar-refractivity contribution >= 4 is 18.0 Å². The Morgan fingerprint density at radius 1 is 0.933 bits per heavy atom. The molecule has 0 aromatic heterocycles. The van der Waals surface area contributed by atoms with E-state index < -0.39 is 30.1 Å². The maximum Gasteiger partial charge on any atom is 0.417 e. The highest BCUT2D eigenvalue weighted by atomic mass is 16.6. The number of hydrogen-bond acceptors (Lipinski definition) is 5. The zero-order valence-corrected chi connectivity index (χ0v) is 17.5. The standard InChI is InChI=1S/C23H26N2O5/c1-14(24(3)4)21(26)25(15(2)22(27)28)23(29)30-13-20-18-11-7-5-9-16(18)17-10-6-8-12-19(17)20/h5-12,14-15,20H,13H2,1-4H3,(H,27,28)/t14-,15-/m1/s1. The molecule has 158 valence electrons. The van der Waals surface area contributed by atoms with Crippen LogP contribution in [0, 0.1) is 0 Å². The summed E-state index contributed by atoms with van der Waals surface area (Å²) in [6.45, 7) is 2.92. The van der Waals surface area contributed by atoms with Crippen LogP contribution in [0.4, 0.5) is 4.79 Å². The number of nitrogens with zero attached hydrogens (tertiary/aromatic N) is 2. The van der Waals surface area contributed by atoms with Crippen molar-refractivity contribution in [2.24, 2.45) is 0 Å². The summed E-state index contributed by atoms with van der Waals surface area (Å²) in [5.74, 6) is -2.07. The fraction of sp³-hybridized carbons (Fsp3) is 0.348. The maximum absolute atomic E-state index is 12.8. The number of benzene rings is 2. The minimum absolute atomic E-state index is 0.0132. The number of hydrogen-bond donors (Lipinski definition) is 1. The molecule has 0 radical (unpaired) electrons. The van der Waals surface area contributed by atoms with Gasteiger partial charge in [-0.25, -0.2) is 14.5 Å². The minimum Gasteiger partial charge on any atom is -0.480 e. The molecule has 30 heavy (non-hydrogen) atoms. The molecule has 2 aromatic rings. The molecule has 0 saturated carbocycles. The summed E-state index contributed by atoms with van der Waals surface area (Å²) in [5, 5.41) is 9.40. The van der Waals surface area contributed by atoms with Crippen LogP contribution in [-0.2, 0) is 14.3 Å². The van der Waals surface area contributed by atoms with E-state index in [2.05, 4.69) is 0 Å². The van der Waals surface area contributed by atoms with Gasteiger partial charge in [-0.3, -0.25) is 9.69 Å². The highest BCUT2D eigenvalue weighted by Gasteiger charge is 2.37. The zero-order chi connectivity index (χ0) is 22.0. The Kier molecular flexibility index (Phi) is 6.22. The van der Waals surface area contributed by atoms with Gasteiger partial charge in [0.1, 0.15) is 12.6 Å². The van der Waals surface area contributed by atoms with E-state index >= 15 is 0 Å². The van der Waals surface area contributed by atoms with Gasteiger partial charge in [-0.15, -0.1) is 0 Å². The molecule has 0 fully saturated rings. The Balaban J connectivity index is 1.83. The molecule has 1 aliphatic carbocycles. The number of amides is 2. The van der Waals surface area contributed by atoms with Gasteiger partial charge in [0.15, 0.2) is 0 Å². The van der Waals surface area contributed by atoms with Crippen LogP contribution in [-0.4, -0.2) is 65.7 Å². The van der Waals surface area contributed by atoms with E-state index in [-0.39, 0.29) is 12.5 Å². The summed E-state index contributed by atoms with van der Waals surface area (Å²) in [6.07, 6.45) is -0.953. The van der Waals surface area contributed by atoms with E-state index in [9.17, 15) is 19.5 Å². The van der Waals surface area contributed by atoms with Crippen molar-refractivity contribution in [3.05, 3.63) is 59.7 Å². The molecule has 7 nitrogen and oxygen atoms in total. The Morgan fingerprint density at radius 2 is 1.43 bits per heavy atom. The van der Waals surface area contributed by atoms with Crippen LogP contribution in [0.3, 0.4) is 0 Å². The molecule has 2 aromatic carbocycles. The molecule has 1 aliphatic rings. The fourth-order valence-corrected chi connectivity index (χ4v) is 3.64. The van der Waals surface area contributed by atoms with Crippen molar-refractivity contribution in [3.63, 3.8) is 0 Å². The van der Waals surface area contributed by atoms with Gasteiger partial charge in [0, 0.05) is 5.92 Å². The number of carbonyl (C=O) groups is 3. The van der Waals surface area contributed by atoms with Crippen molar-refractivity contribution < 1.29 is 24.2 Å². The Bertz CT molecular complexity index is 926. The first-order valence-corrected chi connectivity index (χ1v) is 9.81. The molecule has 2 amide bonds. The molecule has 1 N–H and O–H groups in total. The first kappa shape index (κ1) is 21.5. The van der Waals surface area contributed by atoms with Crippen molar-refractivity contribution in [3.8, 4) is 11.1 Å². The van der Waals surface area contributed by atoms with E-state index in [4.69, 9.17) is 4.74 Å². The quantitative estimate of drug-likeness (QED) is 0.787. The smallest absolute Gasteiger partial charge is 0.417 e. The van der Waals surface area contributed by atoms with Crippen molar-refractivity contribution in [1.82, 2.24) is 9.80 Å². The number of carboxylic acid groups (broad SMARTS) is 1. The van der Waals surface area contributed by atoms with Crippen molar-refractivity contribution in [1.29, 1.82) is 0 Å². The van der Waals surface area contributed by atoms with Crippen molar-refractivity contribution in [2.45, 2.75) is 31.8 Å². The molecule has 0 aliphatic heterocycles. The van der Waals surface area contributed by atoms with E-state index in [1.165, 1.54) is 6.92 Å². The van der Waals surface area contributed by atoms with Crippen LogP contribution in [0.1, 0.15) is 30.9 Å². The summed E-state index contributed by atoms with van der Waals surface area (Å²) in [4.78, 5) is 39.4. The van der Waals surface area contributed by atoms with Crippen LogP contribution in [0.5, 0.6) is 0 Å². The van der Waals surface area contributed by atoms with Gasteiger partial charge < -0.3 is 9.84 Å². The number of ether oxygens (including phenoxy) is 1. The third-order valence-electron chi connectivity index (χ3n) is 5.65. The molecule has 0 saturated heterocycles. The molecule has 2 atom stereocenters. The second-order valence-electron chi connectivity index (χ2n) is 7.67. The predicted octanol–water partition coefficient (Wildman–Crippen LogP) is 3.19. The third-order valence-corrected chi connectivity index (χ3v) is 5.65. The molecule has 0 unspecified atom stereocenters. The first-order valence-electron chi connectivity index (χ1n) is 9.81. The zero-order valence-electron chi connectivity index (χ0n) is 17.5. The molecule has 0 heterocycles. The lowest BCUT2D eigenvalue weighted by Crippen LogP contribution is -2.53. The largest absolute Gasteiger partial charge is 0.480 e. The van der Waals surface area contributed by atoms with Crippen LogP contribution in [0.15, 0.2) is 48.5 Å². The Hall–Kier alpha value is -3.19. The third kappa shape index (κ3) is 3.93. The molecule has 7 heteroatoms. The summed E-state index contributed by atoms with van der Waals surface area (Å²) >= 11 is 0. The summed E-state index contributed by atoms with van der Waals surface area (Å²) in [7, 11) is 3.37. The number of likely N-dealkylation sites (N-methyl/N-ethyl adjacent to an activating group) is 1. The van der Waals surface area contributed by atoms with Crippen LogP contribution >= 0.6 is 0 Å². The molecule has 0 spiro atoms. The fourth-order valence-electron chi connectivity index (χ4n) is 3.64. The number of rotatable bonds is 6. The van der Waals surface area contributed by atoms with E-state index in [0.29, 0.717) is 4.90 Å². The number of aliphatic carboxylic acids is 1. The van der Waals surface area contributed by atoms with Gasteiger partial charge in [-0.2, -0.15) is 0 Å². The Morgan fingerprint density at radius 3 is 1.90 bits per heavy atom. The van der Waals surface area contributed by atoms with Crippen LogP contribution in [0.25, 0.3) is 11.1 Å². The monoisotopic (exact) mass is 410 g/mol. The normalized spacial score (nSPS) is 14.6. The van der Waals surface area contributed by atoms with Gasteiger partial charge in [-0.05, 0) is 50.2 Å². The van der Waals surface area contributed by atoms with Gasteiger partial charge in [0.25, 0.3) is 0 Å². The van der Waals surface area contributed by atoms with Crippen molar-refractivity contribution in [2.75, 3.05) is 20.7 Å². The lowest BCUT2D eigenvalue weighted by atomic mass is 9.98. The highest BCUT2D eigenvalue weighted by Crippen LogP contribution is 2.44. The summed E-state index contributed by atoms with van der Waals surface area (Å²) in [6, 6.07) is 13.8.